The molecule has 3 aromatic heterocycles. The van der Waals surface area contributed by atoms with Crippen LogP contribution in [0.1, 0.15) is 17.9 Å². The van der Waals surface area contributed by atoms with Crippen LogP contribution < -0.4 is 15.4 Å². The maximum absolute atomic E-state index is 14.4. The molecule has 0 amide bonds. The van der Waals surface area contributed by atoms with Crippen molar-refractivity contribution in [3.63, 3.8) is 0 Å². The summed E-state index contributed by atoms with van der Waals surface area (Å²) in [4.78, 5) is 9.54. The quantitative estimate of drug-likeness (QED) is 0.204. The Hall–Kier alpha value is -2.74. The molecule has 0 aliphatic carbocycles. The molecule has 3 N–H and O–H groups in total. The van der Waals surface area contributed by atoms with Crippen LogP contribution in [0.4, 0.5) is 23.2 Å². The first-order valence-corrected chi connectivity index (χ1v) is 12.9. The van der Waals surface area contributed by atoms with Crippen molar-refractivity contribution in [2.45, 2.75) is 42.7 Å². The number of hydrogen-bond acceptors (Lipinski definition) is 9. The Morgan fingerprint density at radius 3 is 2.89 bits per heavy atom. The Bertz CT molecular complexity index is 1310. The molecule has 36 heavy (non-hydrogen) atoms. The molecule has 7 nitrogen and oxygen atoms in total. The summed E-state index contributed by atoms with van der Waals surface area (Å²) in [6, 6.07) is 8.34. The predicted octanol–water partition coefficient (Wildman–Crippen LogP) is 5.36. The third-order valence-corrected chi connectivity index (χ3v) is 7.71. The highest BCUT2D eigenvalue weighted by Gasteiger charge is 2.33. The zero-order chi connectivity index (χ0) is 25.1. The minimum atomic E-state index is -4.43. The lowest BCUT2D eigenvalue weighted by atomic mass is 10.0. The highest BCUT2D eigenvalue weighted by Crippen LogP contribution is 2.43. The molecule has 0 saturated carbocycles. The van der Waals surface area contributed by atoms with Crippen LogP contribution in [0.25, 0.3) is 20.8 Å². The van der Waals surface area contributed by atoms with Gasteiger partial charge in [-0.25, -0.2) is 4.39 Å². The van der Waals surface area contributed by atoms with Gasteiger partial charge in [0.1, 0.15) is 6.17 Å². The highest BCUT2D eigenvalue weighted by atomic mass is 32.2. The summed E-state index contributed by atoms with van der Waals surface area (Å²) in [6.45, 7) is 1.12. The van der Waals surface area contributed by atoms with Crippen molar-refractivity contribution in [1.29, 1.82) is 0 Å². The first kappa shape index (κ1) is 24.9. The number of thiophene rings is 1. The maximum atomic E-state index is 14.4. The van der Waals surface area contributed by atoms with Crippen molar-refractivity contribution in [2.24, 2.45) is 0 Å². The van der Waals surface area contributed by atoms with Crippen molar-refractivity contribution in [3.8, 4) is 10.7 Å². The first-order valence-electron chi connectivity index (χ1n) is 11.2. The Morgan fingerprint density at radius 1 is 1.22 bits per heavy atom. The molecule has 5 rings (SSSR count). The van der Waals surface area contributed by atoms with Crippen LogP contribution in [0.5, 0.6) is 0 Å². The number of alkyl halides is 4. The normalized spacial score (nSPS) is 18.6. The molecule has 0 radical (unpaired) electrons. The zero-order valence-corrected chi connectivity index (χ0v) is 20.4. The zero-order valence-electron chi connectivity index (χ0n) is 18.8. The molecule has 2 unspecified atom stereocenters. The summed E-state index contributed by atoms with van der Waals surface area (Å²) in [5, 5.41) is 10.6. The van der Waals surface area contributed by atoms with Crippen molar-refractivity contribution >= 4 is 39.1 Å². The van der Waals surface area contributed by atoms with E-state index < -0.39 is 24.8 Å². The van der Waals surface area contributed by atoms with Crippen LogP contribution in [0, 0.1) is 0 Å². The van der Waals surface area contributed by atoms with E-state index >= 15 is 0 Å². The lowest BCUT2D eigenvalue weighted by Crippen LogP contribution is -2.45. The number of nitrogens with zero attached hydrogens (tertiary/aromatic N) is 3. The molecule has 190 valence electrons. The number of halogens is 4. The van der Waals surface area contributed by atoms with E-state index in [1.54, 1.807) is 36.7 Å². The van der Waals surface area contributed by atoms with Crippen molar-refractivity contribution in [2.75, 3.05) is 18.4 Å². The van der Waals surface area contributed by atoms with E-state index in [1.165, 1.54) is 11.9 Å². The van der Waals surface area contributed by atoms with Gasteiger partial charge in [-0.3, -0.25) is 9.71 Å². The van der Waals surface area contributed by atoms with Crippen LogP contribution in [0.15, 0.2) is 52.1 Å². The summed E-state index contributed by atoms with van der Waals surface area (Å²) in [6.07, 6.45) is -2.73. The Morgan fingerprint density at radius 2 is 2.11 bits per heavy atom. The second-order valence-corrected chi connectivity index (χ2v) is 10.3. The van der Waals surface area contributed by atoms with Gasteiger partial charge in [-0.05, 0) is 54.1 Å². The molecule has 1 saturated heterocycles. The van der Waals surface area contributed by atoms with Gasteiger partial charge in [0.25, 0.3) is 0 Å². The van der Waals surface area contributed by atoms with Gasteiger partial charge >= 0.3 is 6.18 Å². The summed E-state index contributed by atoms with van der Waals surface area (Å²) in [5.74, 6) is 0.333. The Balaban J connectivity index is 1.43. The summed E-state index contributed by atoms with van der Waals surface area (Å²) in [7, 11) is 0. The summed E-state index contributed by atoms with van der Waals surface area (Å²) < 4.78 is 64.0. The van der Waals surface area contributed by atoms with E-state index in [2.05, 4.69) is 30.5 Å². The third-order valence-electron chi connectivity index (χ3n) is 5.66. The number of anilines is 1. The molecule has 4 heterocycles. The number of benzene rings is 1. The Kier molecular flexibility index (Phi) is 7.42. The van der Waals surface area contributed by atoms with E-state index in [0.29, 0.717) is 28.7 Å². The van der Waals surface area contributed by atoms with E-state index in [4.69, 9.17) is 4.52 Å². The molecule has 1 aliphatic heterocycles. The van der Waals surface area contributed by atoms with Gasteiger partial charge in [0.2, 0.25) is 11.7 Å². The second kappa shape index (κ2) is 10.7. The van der Waals surface area contributed by atoms with E-state index in [1.807, 2.05) is 6.07 Å². The third kappa shape index (κ3) is 5.80. The average Bonchev–Trinajstić information content (AvgIpc) is 3.46. The SMILES string of the molecule is FC1CNCCC1Nc1cccc2c(CC(F)(F)F)c(-c3noc(CNSc4cccnc4)n3)sc12. The second-order valence-electron chi connectivity index (χ2n) is 8.27. The van der Waals surface area contributed by atoms with Gasteiger partial charge in [-0.2, -0.15) is 18.2 Å². The molecule has 0 spiro atoms. The summed E-state index contributed by atoms with van der Waals surface area (Å²) in [5.41, 5.74) is 0.679. The number of nitrogens with one attached hydrogen (secondary N) is 3. The van der Waals surface area contributed by atoms with Crippen LogP contribution in [0.2, 0.25) is 0 Å². The van der Waals surface area contributed by atoms with E-state index in [-0.39, 0.29) is 35.2 Å². The minimum absolute atomic E-state index is 0.0818. The van der Waals surface area contributed by atoms with Gasteiger partial charge in [0, 0.05) is 23.8 Å². The van der Waals surface area contributed by atoms with Gasteiger partial charge in [0.05, 0.1) is 34.3 Å². The molecule has 0 bridgehead atoms. The van der Waals surface area contributed by atoms with Crippen molar-refractivity contribution in [3.05, 3.63) is 54.2 Å². The fourth-order valence-electron chi connectivity index (χ4n) is 4.03. The van der Waals surface area contributed by atoms with Crippen LogP contribution in [-0.2, 0) is 13.0 Å². The van der Waals surface area contributed by atoms with Gasteiger partial charge in [-0.15, -0.1) is 11.3 Å². The molecule has 13 heteroatoms. The largest absolute Gasteiger partial charge is 0.393 e. The molecule has 1 fully saturated rings. The maximum Gasteiger partial charge on any atom is 0.393 e. The average molecular weight is 539 g/mol. The van der Waals surface area contributed by atoms with Crippen LogP contribution in [0.3, 0.4) is 0 Å². The monoisotopic (exact) mass is 538 g/mol. The number of piperidine rings is 1. The fraction of sp³-hybridized carbons (Fsp3) is 0.348. The standard InChI is InChI=1S/C23H22F4N6OS2/c24-16-11-29-8-6-17(16)31-18-5-1-4-14-15(9-23(25,26)27)21(35-20(14)18)22-32-19(34-33-22)12-30-36-13-3-2-7-28-10-13/h1-5,7,10,16-17,29-31H,6,8-9,11-12H2. The van der Waals surface area contributed by atoms with Crippen LogP contribution in [-0.4, -0.2) is 46.6 Å². The molecular weight excluding hydrogens is 516 g/mol. The van der Waals surface area contributed by atoms with Crippen molar-refractivity contribution < 1.29 is 22.1 Å². The lowest BCUT2D eigenvalue weighted by Gasteiger charge is -2.28. The molecule has 4 aromatic rings. The lowest BCUT2D eigenvalue weighted by molar-refractivity contribution is -0.126. The molecular formula is C23H22F4N6OS2. The van der Waals surface area contributed by atoms with E-state index in [0.717, 1.165) is 16.2 Å². The van der Waals surface area contributed by atoms with Crippen molar-refractivity contribution in [1.82, 2.24) is 25.2 Å². The number of hydrogen-bond donors (Lipinski definition) is 3. The number of aromatic nitrogens is 3. The highest BCUT2D eigenvalue weighted by molar-refractivity contribution is 7.97. The molecule has 1 aromatic carbocycles. The number of pyridine rings is 1. The predicted molar refractivity (Wildman–Crippen MR) is 132 cm³/mol. The summed E-state index contributed by atoms with van der Waals surface area (Å²) >= 11 is 2.47. The van der Waals surface area contributed by atoms with Gasteiger partial charge in [0.15, 0.2) is 0 Å². The molecule has 2 atom stereocenters. The fourth-order valence-corrected chi connectivity index (χ4v) is 5.88. The molecule has 1 aliphatic rings. The van der Waals surface area contributed by atoms with Gasteiger partial charge < -0.3 is 15.2 Å². The first-order chi connectivity index (χ1) is 17.4. The number of rotatable bonds is 8. The van der Waals surface area contributed by atoms with Gasteiger partial charge in [-0.1, -0.05) is 17.3 Å². The smallest absolute Gasteiger partial charge is 0.378 e. The number of fused-ring (bicyclic) bond motifs is 1. The van der Waals surface area contributed by atoms with E-state index in [9.17, 15) is 17.6 Å². The van der Waals surface area contributed by atoms with Crippen LogP contribution >= 0.6 is 23.3 Å². The minimum Gasteiger partial charge on any atom is -0.378 e. The topological polar surface area (TPSA) is 87.9 Å². The Labute approximate surface area is 212 Å².